The van der Waals surface area contributed by atoms with Gasteiger partial charge in [0.25, 0.3) is 5.91 Å². The van der Waals surface area contributed by atoms with Crippen molar-refractivity contribution in [3.8, 4) is 0 Å². The second-order valence-electron chi connectivity index (χ2n) is 5.94. The van der Waals surface area contributed by atoms with E-state index in [4.69, 9.17) is 10.6 Å². The molecule has 0 saturated carbocycles. The molecule has 0 bridgehead atoms. The van der Waals surface area contributed by atoms with Gasteiger partial charge in [-0.1, -0.05) is 6.92 Å². The average molecular weight is 284 g/mol. The van der Waals surface area contributed by atoms with Crippen LogP contribution in [0.15, 0.2) is 0 Å². The molecule has 20 heavy (non-hydrogen) atoms. The van der Waals surface area contributed by atoms with Crippen LogP contribution in [0.4, 0.5) is 0 Å². The van der Waals surface area contributed by atoms with E-state index in [1.54, 1.807) is 0 Å². The van der Waals surface area contributed by atoms with Crippen LogP contribution in [0.25, 0.3) is 0 Å². The fourth-order valence-corrected chi connectivity index (χ4v) is 3.27. The zero-order valence-corrected chi connectivity index (χ0v) is 12.7. The van der Waals surface area contributed by atoms with Crippen molar-refractivity contribution in [2.24, 2.45) is 5.84 Å². The van der Waals surface area contributed by atoms with Crippen LogP contribution in [-0.4, -0.2) is 67.2 Å². The van der Waals surface area contributed by atoms with Crippen LogP contribution >= 0.6 is 0 Å². The zero-order chi connectivity index (χ0) is 14.5. The van der Waals surface area contributed by atoms with Crippen LogP contribution in [0.5, 0.6) is 0 Å². The fourth-order valence-electron chi connectivity index (χ4n) is 3.27. The lowest BCUT2D eigenvalue weighted by atomic mass is 10.0. The van der Waals surface area contributed by atoms with Crippen LogP contribution in [0.1, 0.15) is 32.6 Å². The number of rotatable bonds is 5. The Hall–Kier alpha value is -0.690. The quantitative estimate of drug-likeness (QED) is 0.420. The standard InChI is InChI=1S/C14H28N4O2/c1-3-18-8-6-11(7-9-18)17(2)10-12-4-5-13(20-12)14(19)16-15/h11-13H,3-10,15H2,1-2H3,(H,16,19). The zero-order valence-electron chi connectivity index (χ0n) is 12.7. The van der Waals surface area contributed by atoms with Crippen molar-refractivity contribution in [1.82, 2.24) is 15.2 Å². The SMILES string of the molecule is CCN1CCC(N(C)CC2CCC(C(=O)NN)O2)CC1. The normalized spacial score (nSPS) is 29.0. The molecule has 0 radical (unpaired) electrons. The second-order valence-corrected chi connectivity index (χ2v) is 5.94. The number of carbonyl (C=O) groups excluding carboxylic acids is 1. The lowest BCUT2D eigenvalue weighted by Gasteiger charge is -2.37. The highest BCUT2D eigenvalue weighted by atomic mass is 16.5. The highest BCUT2D eigenvalue weighted by Crippen LogP contribution is 2.22. The number of likely N-dealkylation sites (tertiary alicyclic amines) is 1. The number of likely N-dealkylation sites (N-methyl/N-ethyl adjacent to an activating group) is 1. The molecule has 0 aromatic rings. The third-order valence-corrected chi connectivity index (χ3v) is 4.66. The molecule has 0 aromatic carbocycles. The van der Waals surface area contributed by atoms with E-state index in [0.717, 1.165) is 25.9 Å². The van der Waals surface area contributed by atoms with E-state index in [1.165, 1.54) is 25.9 Å². The van der Waals surface area contributed by atoms with Gasteiger partial charge in [-0.05, 0) is 52.4 Å². The van der Waals surface area contributed by atoms with Gasteiger partial charge in [0.2, 0.25) is 0 Å². The molecule has 2 atom stereocenters. The second kappa shape index (κ2) is 7.36. The first-order valence-corrected chi connectivity index (χ1v) is 7.72. The van der Waals surface area contributed by atoms with Crippen molar-refractivity contribution in [2.75, 3.05) is 33.2 Å². The Morgan fingerprint density at radius 1 is 1.35 bits per heavy atom. The maximum Gasteiger partial charge on any atom is 0.263 e. The lowest BCUT2D eigenvalue weighted by Crippen LogP contribution is -2.45. The smallest absolute Gasteiger partial charge is 0.263 e. The number of hydrazine groups is 1. The minimum absolute atomic E-state index is 0.159. The Balaban J connectivity index is 1.73. The van der Waals surface area contributed by atoms with E-state index in [2.05, 4.69) is 29.2 Å². The Labute approximate surface area is 121 Å². The molecule has 1 amide bonds. The molecule has 2 aliphatic heterocycles. The number of hydrogen-bond acceptors (Lipinski definition) is 5. The average Bonchev–Trinajstić information content (AvgIpc) is 2.95. The number of ether oxygens (including phenoxy) is 1. The van der Waals surface area contributed by atoms with Gasteiger partial charge in [-0.3, -0.25) is 10.2 Å². The molecule has 116 valence electrons. The lowest BCUT2D eigenvalue weighted by molar-refractivity contribution is -0.132. The summed E-state index contributed by atoms with van der Waals surface area (Å²) in [7, 11) is 2.17. The van der Waals surface area contributed by atoms with E-state index in [0.29, 0.717) is 6.04 Å². The van der Waals surface area contributed by atoms with E-state index in [-0.39, 0.29) is 18.1 Å². The van der Waals surface area contributed by atoms with Crippen molar-refractivity contribution < 1.29 is 9.53 Å². The van der Waals surface area contributed by atoms with Crippen molar-refractivity contribution in [2.45, 2.75) is 50.9 Å². The molecular formula is C14H28N4O2. The summed E-state index contributed by atoms with van der Waals surface area (Å²) in [6.45, 7) is 6.66. The first kappa shape index (κ1) is 15.7. The predicted octanol–water partition coefficient (Wildman–Crippen LogP) is -0.0600. The maximum atomic E-state index is 11.4. The molecule has 6 nitrogen and oxygen atoms in total. The van der Waals surface area contributed by atoms with Gasteiger partial charge in [-0.2, -0.15) is 0 Å². The Bertz CT molecular complexity index is 318. The van der Waals surface area contributed by atoms with Crippen molar-refractivity contribution in [1.29, 1.82) is 0 Å². The molecule has 2 saturated heterocycles. The van der Waals surface area contributed by atoms with Crippen molar-refractivity contribution in [3.05, 3.63) is 0 Å². The molecule has 2 rings (SSSR count). The number of hydrogen-bond donors (Lipinski definition) is 2. The molecule has 0 aromatic heterocycles. The monoisotopic (exact) mass is 284 g/mol. The number of carbonyl (C=O) groups is 1. The summed E-state index contributed by atoms with van der Waals surface area (Å²) < 4.78 is 5.77. The molecule has 3 N–H and O–H groups in total. The van der Waals surface area contributed by atoms with Crippen molar-refractivity contribution >= 4 is 5.91 Å². The third-order valence-electron chi connectivity index (χ3n) is 4.66. The summed E-state index contributed by atoms with van der Waals surface area (Å²) in [5.41, 5.74) is 2.17. The fraction of sp³-hybridized carbons (Fsp3) is 0.929. The highest BCUT2D eigenvalue weighted by molar-refractivity contribution is 5.80. The Kier molecular flexibility index (Phi) is 5.77. The van der Waals surface area contributed by atoms with Crippen LogP contribution in [0, 0.1) is 0 Å². The molecule has 6 heteroatoms. The summed E-state index contributed by atoms with van der Waals surface area (Å²) in [5.74, 6) is 4.94. The van der Waals surface area contributed by atoms with E-state index in [1.807, 2.05) is 0 Å². The number of nitrogens with two attached hydrogens (primary N) is 1. The van der Waals surface area contributed by atoms with Gasteiger partial charge in [0.05, 0.1) is 6.10 Å². The number of amides is 1. The van der Waals surface area contributed by atoms with Gasteiger partial charge in [0.15, 0.2) is 0 Å². The summed E-state index contributed by atoms with van der Waals surface area (Å²) in [6.07, 6.45) is 3.96. The van der Waals surface area contributed by atoms with E-state index in [9.17, 15) is 4.79 Å². The molecular weight excluding hydrogens is 256 g/mol. The van der Waals surface area contributed by atoms with Gasteiger partial charge in [0, 0.05) is 12.6 Å². The van der Waals surface area contributed by atoms with Gasteiger partial charge in [-0.15, -0.1) is 0 Å². The van der Waals surface area contributed by atoms with Crippen LogP contribution in [0.2, 0.25) is 0 Å². The van der Waals surface area contributed by atoms with E-state index >= 15 is 0 Å². The van der Waals surface area contributed by atoms with Gasteiger partial charge in [0.1, 0.15) is 6.10 Å². The minimum atomic E-state index is -0.361. The number of piperidine rings is 1. The molecule has 2 heterocycles. The predicted molar refractivity (Wildman–Crippen MR) is 78.0 cm³/mol. The molecule has 2 unspecified atom stereocenters. The topological polar surface area (TPSA) is 70.8 Å². The van der Waals surface area contributed by atoms with Crippen LogP contribution < -0.4 is 11.3 Å². The molecule has 0 aliphatic carbocycles. The Morgan fingerprint density at radius 3 is 2.65 bits per heavy atom. The van der Waals surface area contributed by atoms with Crippen LogP contribution in [-0.2, 0) is 9.53 Å². The summed E-state index contributed by atoms with van der Waals surface area (Å²) >= 11 is 0. The van der Waals surface area contributed by atoms with E-state index < -0.39 is 0 Å². The van der Waals surface area contributed by atoms with Gasteiger partial charge >= 0.3 is 0 Å². The van der Waals surface area contributed by atoms with Gasteiger partial charge in [-0.25, -0.2) is 5.84 Å². The minimum Gasteiger partial charge on any atom is -0.364 e. The first-order valence-electron chi connectivity index (χ1n) is 7.72. The molecule has 2 fully saturated rings. The van der Waals surface area contributed by atoms with Crippen molar-refractivity contribution in [3.63, 3.8) is 0 Å². The number of nitrogens with one attached hydrogen (secondary N) is 1. The Morgan fingerprint density at radius 2 is 2.05 bits per heavy atom. The first-order chi connectivity index (χ1) is 9.63. The molecule has 2 aliphatic rings. The summed E-state index contributed by atoms with van der Waals surface area (Å²) in [6, 6.07) is 0.642. The largest absolute Gasteiger partial charge is 0.364 e. The molecule has 0 spiro atoms. The van der Waals surface area contributed by atoms with Gasteiger partial charge < -0.3 is 14.5 Å². The third kappa shape index (κ3) is 3.91. The summed E-state index contributed by atoms with van der Waals surface area (Å²) in [5, 5.41) is 0. The summed E-state index contributed by atoms with van der Waals surface area (Å²) in [4.78, 5) is 16.3. The van der Waals surface area contributed by atoms with Crippen LogP contribution in [0.3, 0.4) is 0 Å². The number of nitrogens with zero attached hydrogens (tertiary/aromatic N) is 2. The highest BCUT2D eigenvalue weighted by Gasteiger charge is 2.32. The maximum absolute atomic E-state index is 11.4.